The van der Waals surface area contributed by atoms with E-state index in [1.54, 1.807) is 12.1 Å². The van der Waals surface area contributed by atoms with Gasteiger partial charge in [-0.15, -0.1) is 0 Å². The first-order chi connectivity index (χ1) is 18.7. The van der Waals surface area contributed by atoms with Crippen LogP contribution in [0.4, 0.5) is 15.8 Å². The van der Waals surface area contributed by atoms with Crippen LogP contribution in [0.25, 0.3) is 0 Å². The molecule has 0 unspecified atom stereocenters. The molecule has 0 amide bonds. The van der Waals surface area contributed by atoms with Crippen molar-refractivity contribution < 1.29 is 17.5 Å². The van der Waals surface area contributed by atoms with Crippen LogP contribution in [0.5, 0.6) is 0 Å². The summed E-state index contributed by atoms with van der Waals surface area (Å²) in [7, 11) is -3.20. The lowest BCUT2D eigenvalue weighted by Gasteiger charge is -2.39. The highest BCUT2D eigenvalue weighted by molar-refractivity contribution is 7.92. The van der Waals surface area contributed by atoms with Crippen molar-refractivity contribution in [3.8, 4) is 0 Å². The van der Waals surface area contributed by atoms with Gasteiger partial charge in [0.2, 0.25) is 0 Å². The van der Waals surface area contributed by atoms with Gasteiger partial charge in [-0.05, 0) is 88.5 Å². The van der Waals surface area contributed by atoms with Crippen molar-refractivity contribution in [2.24, 2.45) is 0 Å². The Hall–Kier alpha value is -2.17. The van der Waals surface area contributed by atoms with Gasteiger partial charge in [-0.1, -0.05) is 11.6 Å². The van der Waals surface area contributed by atoms with Gasteiger partial charge >= 0.3 is 0 Å². The molecule has 39 heavy (non-hydrogen) atoms. The summed E-state index contributed by atoms with van der Waals surface area (Å²) in [5.74, 6) is 0. The van der Waals surface area contributed by atoms with Crippen LogP contribution in [0.15, 0.2) is 40.2 Å². The molecule has 4 fully saturated rings. The Kier molecular flexibility index (Phi) is 7.39. The molecular weight excluding hydrogens is 543 g/mol. The number of aromatic nitrogens is 2. The molecule has 212 valence electrons. The summed E-state index contributed by atoms with van der Waals surface area (Å²) in [5, 5.41) is 7.21. The average molecular weight is 579 g/mol. The van der Waals surface area contributed by atoms with E-state index in [0.29, 0.717) is 42.1 Å². The SMILES string of the molecule is O=c1c(Cl)c(NC[C@]2(F)CCCOC2)cnn1[C@H]1CC[C@H](N(c2ccc(S(=O)(=O)C3CC3)cc2)C2CC2)CC1. The van der Waals surface area contributed by atoms with Crippen LogP contribution in [0.2, 0.25) is 5.02 Å². The molecule has 1 atom stereocenters. The first kappa shape index (κ1) is 27.0. The van der Waals surface area contributed by atoms with Crippen molar-refractivity contribution in [1.29, 1.82) is 0 Å². The molecule has 3 aliphatic carbocycles. The van der Waals surface area contributed by atoms with Gasteiger partial charge in [-0.3, -0.25) is 4.79 Å². The molecule has 1 aromatic heterocycles. The van der Waals surface area contributed by atoms with Crippen LogP contribution < -0.4 is 15.8 Å². The van der Waals surface area contributed by atoms with Crippen LogP contribution >= 0.6 is 11.6 Å². The lowest BCUT2D eigenvalue weighted by Crippen LogP contribution is -2.42. The summed E-state index contributed by atoms with van der Waals surface area (Å²) < 4.78 is 46.9. The van der Waals surface area contributed by atoms with E-state index >= 15 is 0 Å². The second-order valence-corrected chi connectivity index (χ2v) is 14.2. The summed E-state index contributed by atoms with van der Waals surface area (Å²) in [6.07, 6.45) is 9.79. The van der Waals surface area contributed by atoms with Gasteiger partial charge in [0.15, 0.2) is 15.5 Å². The Labute approximate surface area is 233 Å². The van der Waals surface area contributed by atoms with Gasteiger partial charge in [0.1, 0.15) is 5.02 Å². The molecule has 0 bridgehead atoms. The molecule has 0 radical (unpaired) electrons. The minimum absolute atomic E-state index is 0.0213. The van der Waals surface area contributed by atoms with E-state index in [1.165, 1.54) is 10.9 Å². The molecule has 8 nitrogen and oxygen atoms in total. The predicted molar refractivity (Wildman–Crippen MR) is 149 cm³/mol. The zero-order chi connectivity index (χ0) is 27.2. The maximum absolute atomic E-state index is 14.9. The standard InChI is InChI=1S/C28H36ClFN4O4S/c29-26-25(31-17-28(30)14-1-15-38-18-28)16-32-34(27(26)35)22-6-4-20(5-7-22)33(19-2-3-19)21-8-10-23(11-9-21)39(36,37)24-12-13-24/h8-11,16,19-20,22,24,31H,1-7,12-15,17-18H2/t20-,22-,28-/m1/s1. The largest absolute Gasteiger partial charge is 0.379 e. The number of ether oxygens (including phenoxy) is 1. The number of benzene rings is 1. The Morgan fingerprint density at radius 3 is 2.33 bits per heavy atom. The summed E-state index contributed by atoms with van der Waals surface area (Å²) in [5.41, 5.74) is -0.419. The number of nitrogens with one attached hydrogen (secondary N) is 1. The molecule has 3 saturated carbocycles. The van der Waals surface area contributed by atoms with E-state index in [4.69, 9.17) is 16.3 Å². The highest BCUT2D eigenvalue weighted by Gasteiger charge is 2.39. The Balaban J connectivity index is 1.10. The number of hydrogen-bond acceptors (Lipinski definition) is 7. The second-order valence-electron chi connectivity index (χ2n) is 11.6. The molecule has 1 N–H and O–H groups in total. The van der Waals surface area contributed by atoms with Crippen molar-refractivity contribution in [2.45, 2.75) is 98.1 Å². The minimum Gasteiger partial charge on any atom is -0.379 e. The normalized spacial score (nSPS) is 27.7. The fourth-order valence-electron chi connectivity index (χ4n) is 6.07. The fourth-order valence-corrected chi connectivity index (χ4v) is 7.93. The maximum Gasteiger partial charge on any atom is 0.287 e. The summed E-state index contributed by atoms with van der Waals surface area (Å²) >= 11 is 6.42. The van der Waals surface area contributed by atoms with E-state index in [9.17, 15) is 17.6 Å². The number of halogens is 2. The van der Waals surface area contributed by atoms with Crippen molar-refractivity contribution >= 4 is 32.8 Å². The zero-order valence-electron chi connectivity index (χ0n) is 22.0. The number of sulfone groups is 1. The van der Waals surface area contributed by atoms with E-state index in [0.717, 1.165) is 57.1 Å². The minimum atomic E-state index is -3.20. The molecule has 6 rings (SSSR count). The Morgan fingerprint density at radius 2 is 1.74 bits per heavy atom. The van der Waals surface area contributed by atoms with Crippen LogP contribution in [0.3, 0.4) is 0 Å². The monoisotopic (exact) mass is 578 g/mol. The highest BCUT2D eigenvalue weighted by atomic mass is 35.5. The van der Waals surface area contributed by atoms with Crippen molar-refractivity contribution in [1.82, 2.24) is 9.78 Å². The molecule has 2 aromatic rings. The molecular formula is C28H36ClFN4O4S. The topological polar surface area (TPSA) is 93.5 Å². The van der Waals surface area contributed by atoms with E-state index in [1.807, 2.05) is 12.1 Å². The van der Waals surface area contributed by atoms with E-state index in [-0.39, 0.29) is 35.0 Å². The molecule has 2 heterocycles. The maximum atomic E-state index is 14.9. The highest BCUT2D eigenvalue weighted by Crippen LogP contribution is 2.41. The lowest BCUT2D eigenvalue weighted by molar-refractivity contribution is -0.0234. The van der Waals surface area contributed by atoms with Gasteiger partial charge in [0.25, 0.3) is 5.56 Å². The lowest BCUT2D eigenvalue weighted by atomic mass is 9.89. The molecule has 0 spiro atoms. The smallest absolute Gasteiger partial charge is 0.287 e. The first-order valence-electron chi connectivity index (χ1n) is 14.2. The number of anilines is 2. The van der Waals surface area contributed by atoms with Crippen molar-refractivity contribution in [3.05, 3.63) is 45.8 Å². The third-order valence-corrected chi connectivity index (χ3v) is 11.2. The van der Waals surface area contributed by atoms with Gasteiger partial charge < -0.3 is 15.0 Å². The average Bonchev–Trinajstić information content (AvgIpc) is 3.85. The van der Waals surface area contributed by atoms with Crippen LogP contribution in [-0.4, -0.2) is 61.0 Å². The zero-order valence-corrected chi connectivity index (χ0v) is 23.6. The third kappa shape index (κ3) is 5.70. The summed E-state index contributed by atoms with van der Waals surface area (Å²) in [6, 6.07) is 8.19. The van der Waals surface area contributed by atoms with E-state index in [2.05, 4.69) is 15.3 Å². The molecule has 1 aromatic carbocycles. The quantitative estimate of drug-likeness (QED) is 0.451. The van der Waals surface area contributed by atoms with Crippen molar-refractivity contribution in [3.63, 3.8) is 0 Å². The van der Waals surface area contributed by atoms with Gasteiger partial charge in [-0.2, -0.15) is 5.10 Å². The van der Waals surface area contributed by atoms with Gasteiger partial charge in [-0.25, -0.2) is 17.5 Å². The molecule has 1 aliphatic heterocycles. The fraction of sp³-hybridized carbons (Fsp3) is 0.643. The number of alkyl halides is 1. The van der Waals surface area contributed by atoms with Gasteiger partial charge in [0, 0.05) is 24.4 Å². The van der Waals surface area contributed by atoms with Crippen LogP contribution in [-0.2, 0) is 14.6 Å². The third-order valence-electron chi connectivity index (χ3n) is 8.59. The molecule has 11 heteroatoms. The number of nitrogens with zero attached hydrogens (tertiary/aromatic N) is 3. The summed E-state index contributed by atoms with van der Waals surface area (Å²) in [4.78, 5) is 16.0. The second kappa shape index (κ2) is 10.7. The predicted octanol–water partition coefficient (Wildman–Crippen LogP) is 4.92. The molecule has 4 aliphatic rings. The van der Waals surface area contributed by atoms with Crippen LogP contribution in [0.1, 0.15) is 70.3 Å². The Morgan fingerprint density at radius 1 is 1.08 bits per heavy atom. The van der Waals surface area contributed by atoms with Gasteiger partial charge in [0.05, 0.1) is 41.2 Å². The van der Waals surface area contributed by atoms with Crippen molar-refractivity contribution in [2.75, 3.05) is 30.0 Å². The first-order valence-corrected chi connectivity index (χ1v) is 16.1. The van der Waals surface area contributed by atoms with Crippen LogP contribution in [0, 0.1) is 0 Å². The number of hydrogen-bond donors (Lipinski definition) is 1. The number of rotatable bonds is 9. The summed E-state index contributed by atoms with van der Waals surface area (Å²) in [6.45, 7) is 0.627. The van der Waals surface area contributed by atoms with E-state index < -0.39 is 15.5 Å². The Bertz CT molecular complexity index is 1350. The molecule has 1 saturated heterocycles.